The van der Waals surface area contributed by atoms with Crippen molar-refractivity contribution in [2.45, 2.75) is 5.92 Å². The molecule has 0 spiro atoms. The fourth-order valence-electron chi connectivity index (χ4n) is 2.61. The average Bonchev–Trinajstić information content (AvgIpc) is 2.98. The number of para-hydroxylation sites is 2. The lowest BCUT2D eigenvalue weighted by molar-refractivity contribution is 0.354. The Hall–Kier alpha value is -2.53. The molecule has 0 unspecified atom stereocenters. The third-order valence-electron chi connectivity index (χ3n) is 3.78. The highest BCUT2D eigenvalue weighted by Crippen LogP contribution is 2.32. The average molecular weight is 297 g/mol. The number of nitrogens with two attached hydrogens (primary N) is 1. The van der Waals surface area contributed by atoms with Gasteiger partial charge in [-0.15, -0.1) is 0 Å². The number of H-pyrrole nitrogens is 1. The number of benzene rings is 2. The molecule has 22 heavy (non-hydrogen) atoms. The van der Waals surface area contributed by atoms with Crippen LogP contribution in [0.15, 0.2) is 42.5 Å². The lowest BCUT2D eigenvalue weighted by Crippen LogP contribution is -2.15. The van der Waals surface area contributed by atoms with Gasteiger partial charge >= 0.3 is 0 Å². The van der Waals surface area contributed by atoms with E-state index in [4.69, 9.17) is 15.2 Å². The fourth-order valence-corrected chi connectivity index (χ4v) is 2.61. The van der Waals surface area contributed by atoms with Gasteiger partial charge in [0, 0.05) is 6.54 Å². The second-order valence-electron chi connectivity index (χ2n) is 5.04. The van der Waals surface area contributed by atoms with Crippen LogP contribution in [0.4, 0.5) is 0 Å². The van der Waals surface area contributed by atoms with Crippen LogP contribution in [-0.2, 0) is 0 Å². The van der Waals surface area contributed by atoms with E-state index in [2.05, 4.69) is 9.97 Å². The highest BCUT2D eigenvalue weighted by Gasteiger charge is 2.18. The van der Waals surface area contributed by atoms with Crippen LogP contribution >= 0.6 is 0 Å². The van der Waals surface area contributed by atoms with Crippen LogP contribution in [0.1, 0.15) is 17.3 Å². The van der Waals surface area contributed by atoms with Gasteiger partial charge in [-0.2, -0.15) is 0 Å². The molecule has 3 rings (SSSR count). The monoisotopic (exact) mass is 297 g/mol. The Morgan fingerprint density at radius 2 is 1.86 bits per heavy atom. The molecule has 0 radical (unpaired) electrons. The summed E-state index contributed by atoms with van der Waals surface area (Å²) in [6.07, 6.45) is 0. The largest absolute Gasteiger partial charge is 0.493 e. The molecule has 3 N–H and O–H groups in total. The number of methoxy groups -OCH3 is 2. The smallest absolute Gasteiger partial charge is 0.161 e. The summed E-state index contributed by atoms with van der Waals surface area (Å²) in [7, 11) is 3.25. The van der Waals surface area contributed by atoms with Gasteiger partial charge in [0.05, 0.1) is 31.2 Å². The molecule has 0 aliphatic heterocycles. The molecule has 5 nitrogen and oxygen atoms in total. The summed E-state index contributed by atoms with van der Waals surface area (Å²) >= 11 is 0. The van der Waals surface area contributed by atoms with Crippen LogP contribution in [0, 0.1) is 0 Å². The van der Waals surface area contributed by atoms with Gasteiger partial charge in [-0.05, 0) is 29.8 Å². The number of aromatic nitrogens is 2. The van der Waals surface area contributed by atoms with Crippen molar-refractivity contribution in [3.8, 4) is 11.5 Å². The molecule has 0 aliphatic carbocycles. The number of hydrogen-bond acceptors (Lipinski definition) is 4. The zero-order valence-electron chi connectivity index (χ0n) is 12.7. The normalized spacial score (nSPS) is 12.3. The van der Waals surface area contributed by atoms with Gasteiger partial charge in [-0.25, -0.2) is 4.98 Å². The number of aromatic amines is 1. The summed E-state index contributed by atoms with van der Waals surface area (Å²) in [6, 6.07) is 13.8. The van der Waals surface area contributed by atoms with Gasteiger partial charge in [-0.3, -0.25) is 0 Å². The molecule has 2 aromatic carbocycles. The highest BCUT2D eigenvalue weighted by molar-refractivity contribution is 5.75. The number of hydrogen-bond donors (Lipinski definition) is 2. The number of nitrogens with zero attached hydrogens (tertiary/aromatic N) is 1. The molecule has 114 valence electrons. The third kappa shape index (κ3) is 2.51. The van der Waals surface area contributed by atoms with Crippen molar-refractivity contribution in [3.05, 3.63) is 53.9 Å². The van der Waals surface area contributed by atoms with E-state index in [9.17, 15) is 0 Å². The first kappa shape index (κ1) is 14.4. The predicted molar refractivity (Wildman–Crippen MR) is 86.5 cm³/mol. The predicted octanol–water partition coefficient (Wildman–Crippen LogP) is 2.67. The van der Waals surface area contributed by atoms with E-state index >= 15 is 0 Å². The number of ether oxygens (including phenoxy) is 2. The van der Waals surface area contributed by atoms with Gasteiger partial charge in [0.1, 0.15) is 5.82 Å². The Labute approximate surface area is 129 Å². The van der Waals surface area contributed by atoms with Gasteiger partial charge in [0.15, 0.2) is 11.5 Å². The molecule has 0 amide bonds. The fraction of sp³-hybridized carbons (Fsp3) is 0.235. The molecule has 5 heteroatoms. The Morgan fingerprint density at radius 1 is 1.09 bits per heavy atom. The number of imidazole rings is 1. The van der Waals surface area contributed by atoms with Gasteiger partial charge < -0.3 is 20.2 Å². The molecule has 0 saturated carbocycles. The minimum atomic E-state index is -0.0211. The zero-order chi connectivity index (χ0) is 15.5. The number of rotatable bonds is 5. The summed E-state index contributed by atoms with van der Waals surface area (Å²) in [5.41, 5.74) is 8.98. The van der Waals surface area contributed by atoms with Crippen molar-refractivity contribution in [1.82, 2.24) is 9.97 Å². The van der Waals surface area contributed by atoms with Gasteiger partial charge in [-0.1, -0.05) is 18.2 Å². The molecule has 0 bridgehead atoms. The first-order valence-electron chi connectivity index (χ1n) is 7.13. The van der Waals surface area contributed by atoms with Crippen molar-refractivity contribution in [1.29, 1.82) is 0 Å². The minimum absolute atomic E-state index is 0.0211. The molecular formula is C17H19N3O2. The maximum atomic E-state index is 5.99. The van der Waals surface area contributed by atoms with Crippen molar-refractivity contribution in [2.75, 3.05) is 20.8 Å². The topological polar surface area (TPSA) is 73.2 Å². The van der Waals surface area contributed by atoms with E-state index in [-0.39, 0.29) is 5.92 Å². The maximum absolute atomic E-state index is 5.99. The standard InChI is InChI=1S/C17H19N3O2/c1-21-15-8-7-11(9-16(15)22-2)12(10-18)17-19-13-5-3-4-6-14(13)20-17/h3-9,12H,10,18H2,1-2H3,(H,19,20)/t12-/m0/s1. The van der Waals surface area contributed by atoms with Crippen LogP contribution < -0.4 is 15.2 Å². The summed E-state index contributed by atoms with van der Waals surface area (Å²) in [5.74, 6) is 2.23. The van der Waals surface area contributed by atoms with Crippen molar-refractivity contribution in [2.24, 2.45) is 5.73 Å². The van der Waals surface area contributed by atoms with E-state index in [1.807, 2.05) is 42.5 Å². The second-order valence-corrected chi connectivity index (χ2v) is 5.04. The van der Waals surface area contributed by atoms with E-state index < -0.39 is 0 Å². The third-order valence-corrected chi connectivity index (χ3v) is 3.78. The summed E-state index contributed by atoms with van der Waals surface area (Å²) in [5, 5.41) is 0. The second kappa shape index (κ2) is 6.07. The highest BCUT2D eigenvalue weighted by atomic mass is 16.5. The first-order chi connectivity index (χ1) is 10.8. The van der Waals surface area contributed by atoms with Crippen LogP contribution in [0.2, 0.25) is 0 Å². The van der Waals surface area contributed by atoms with Crippen molar-refractivity contribution in [3.63, 3.8) is 0 Å². The number of fused-ring (bicyclic) bond motifs is 1. The van der Waals surface area contributed by atoms with E-state index in [0.29, 0.717) is 18.0 Å². The summed E-state index contributed by atoms with van der Waals surface area (Å²) < 4.78 is 10.6. The molecule has 0 aliphatic rings. The summed E-state index contributed by atoms with van der Waals surface area (Å²) in [4.78, 5) is 8.00. The molecule has 1 atom stereocenters. The van der Waals surface area contributed by atoms with Crippen LogP contribution in [-0.4, -0.2) is 30.7 Å². The lowest BCUT2D eigenvalue weighted by Gasteiger charge is -2.15. The first-order valence-corrected chi connectivity index (χ1v) is 7.13. The van der Waals surface area contributed by atoms with Crippen LogP contribution in [0.5, 0.6) is 11.5 Å². The molecule has 1 aromatic heterocycles. The Balaban J connectivity index is 2.03. The lowest BCUT2D eigenvalue weighted by atomic mass is 9.98. The molecular weight excluding hydrogens is 278 g/mol. The molecule has 3 aromatic rings. The van der Waals surface area contributed by atoms with E-state index in [1.165, 1.54) is 0 Å². The minimum Gasteiger partial charge on any atom is -0.493 e. The Bertz CT molecular complexity index is 749. The van der Waals surface area contributed by atoms with Crippen molar-refractivity contribution < 1.29 is 9.47 Å². The zero-order valence-corrected chi connectivity index (χ0v) is 12.7. The quantitative estimate of drug-likeness (QED) is 0.759. The summed E-state index contributed by atoms with van der Waals surface area (Å²) in [6.45, 7) is 0.454. The van der Waals surface area contributed by atoms with Gasteiger partial charge in [0.2, 0.25) is 0 Å². The maximum Gasteiger partial charge on any atom is 0.161 e. The number of nitrogens with one attached hydrogen (secondary N) is 1. The van der Waals surface area contributed by atoms with Crippen LogP contribution in [0.25, 0.3) is 11.0 Å². The van der Waals surface area contributed by atoms with Gasteiger partial charge in [0.25, 0.3) is 0 Å². The molecule has 0 saturated heterocycles. The molecule has 0 fully saturated rings. The Morgan fingerprint density at radius 3 is 2.55 bits per heavy atom. The van der Waals surface area contributed by atoms with Crippen LogP contribution in [0.3, 0.4) is 0 Å². The Kier molecular flexibility index (Phi) is 3.98. The molecule has 1 heterocycles. The SMILES string of the molecule is COc1ccc([C@H](CN)c2nc3ccccc3[nH]2)cc1OC. The van der Waals surface area contributed by atoms with Crippen molar-refractivity contribution >= 4 is 11.0 Å². The van der Waals surface area contributed by atoms with E-state index in [1.54, 1.807) is 14.2 Å². The van der Waals surface area contributed by atoms with E-state index in [0.717, 1.165) is 22.4 Å².